The van der Waals surface area contributed by atoms with Crippen LogP contribution in [0.25, 0.3) is 0 Å². The highest BCUT2D eigenvalue weighted by Gasteiger charge is 2.32. The van der Waals surface area contributed by atoms with Crippen LogP contribution in [0.3, 0.4) is 0 Å². The fraction of sp³-hybridized carbons (Fsp3) is 0.588. The first-order chi connectivity index (χ1) is 9.74. The molecule has 2 N–H and O–H groups in total. The summed E-state index contributed by atoms with van der Waals surface area (Å²) in [5.74, 6) is 0.915. The minimum absolute atomic E-state index is 0. The molecule has 0 aliphatic heterocycles. The van der Waals surface area contributed by atoms with Gasteiger partial charge in [0.25, 0.3) is 5.91 Å². The van der Waals surface area contributed by atoms with E-state index in [1.165, 1.54) is 44.9 Å². The number of anilines is 1. The highest BCUT2D eigenvalue weighted by atomic mass is 35.5. The molecule has 2 aliphatic rings. The average molecular weight is 309 g/mol. The van der Waals surface area contributed by atoms with E-state index in [1.54, 1.807) is 0 Å². The first-order valence-corrected chi connectivity index (χ1v) is 7.90. The Hall–Kier alpha value is -1.22. The lowest BCUT2D eigenvalue weighted by Crippen LogP contribution is -2.42. The number of amides is 1. The Morgan fingerprint density at radius 2 is 1.86 bits per heavy atom. The largest absolute Gasteiger partial charge is 0.399 e. The number of hydrogen-bond acceptors (Lipinski definition) is 2. The lowest BCUT2D eigenvalue weighted by atomic mass is 9.93. The van der Waals surface area contributed by atoms with E-state index in [2.05, 4.69) is 4.90 Å². The second-order valence-electron chi connectivity index (χ2n) is 6.32. The van der Waals surface area contributed by atoms with Crippen LogP contribution in [-0.2, 0) is 0 Å². The molecule has 3 rings (SSSR count). The molecule has 1 aromatic rings. The number of nitrogens with two attached hydrogens (primary N) is 1. The molecule has 3 nitrogen and oxygen atoms in total. The molecule has 0 spiro atoms. The smallest absolute Gasteiger partial charge is 0.254 e. The van der Waals surface area contributed by atoms with Gasteiger partial charge >= 0.3 is 0 Å². The summed E-state index contributed by atoms with van der Waals surface area (Å²) in [6.45, 7) is 0.943. The van der Waals surface area contributed by atoms with Crippen LogP contribution in [0.5, 0.6) is 0 Å². The van der Waals surface area contributed by atoms with E-state index in [9.17, 15) is 4.79 Å². The standard InChI is InChI=1S/C17H24N2O.ClH/c18-15-6-4-5-14(11-15)17(20)19(12-13-9-10-13)16-7-2-1-3-8-16;/h4-6,11,13,16H,1-3,7-10,12,18H2;1H. The van der Waals surface area contributed by atoms with Gasteiger partial charge in [0.1, 0.15) is 0 Å². The van der Waals surface area contributed by atoms with Gasteiger partial charge in [-0.15, -0.1) is 12.4 Å². The van der Waals surface area contributed by atoms with Crippen LogP contribution in [0.2, 0.25) is 0 Å². The van der Waals surface area contributed by atoms with Crippen LogP contribution in [0.1, 0.15) is 55.3 Å². The minimum atomic E-state index is 0. The van der Waals surface area contributed by atoms with Crippen LogP contribution in [0, 0.1) is 5.92 Å². The van der Waals surface area contributed by atoms with E-state index in [0.29, 0.717) is 11.7 Å². The molecule has 0 aromatic heterocycles. The number of nitrogens with zero attached hydrogens (tertiary/aromatic N) is 1. The third kappa shape index (κ3) is 4.13. The summed E-state index contributed by atoms with van der Waals surface area (Å²) in [4.78, 5) is 15.0. The highest BCUT2D eigenvalue weighted by molar-refractivity contribution is 5.95. The van der Waals surface area contributed by atoms with Crippen LogP contribution in [0.4, 0.5) is 5.69 Å². The normalized spacial score (nSPS) is 18.9. The molecular formula is C17H25ClN2O. The van der Waals surface area contributed by atoms with E-state index in [-0.39, 0.29) is 18.3 Å². The minimum Gasteiger partial charge on any atom is -0.399 e. The Morgan fingerprint density at radius 1 is 1.14 bits per heavy atom. The summed E-state index contributed by atoms with van der Waals surface area (Å²) < 4.78 is 0. The second-order valence-corrected chi connectivity index (χ2v) is 6.32. The van der Waals surface area contributed by atoms with Crippen molar-refractivity contribution in [1.82, 2.24) is 4.90 Å². The topological polar surface area (TPSA) is 46.3 Å². The Kier molecular flexibility index (Phi) is 5.51. The Balaban J connectivity index is 0.00000161. The molecule has 2 saturated carbocycles. The molecular weight excluding hydrogens is 284 g/mol. The molecule has 4 heteroatoms. The maximum atomic E-state index is 12.8. The summed E-state index contributed by atoms with van der Waals surface area (Å²) in [5.41, 5.74) is 7.24. The van der Waals surface area contributed by atoms with Crippen molar-refractivity contribution in [2.24, 2.45) is 5.92 Å². The molecule has 1 aromatic carbocycles. The van der Waals surface area contributed by atoms with Crippen molar-refractivity contribution >= 4 is 24.0 Å². The molecule has 21 heavy (non-hydrogen) atoms. The molecule has 0 atom stereocenters. The number of hydrogen-bond donors (Lipinski definition) is 1. The summed E-state index contributed by atoms with van der Waals surface area (Å²) in [5, 5.41) is 0. The van der Waals surface area contributed by atoms with Crippen molar-refractivity contribution in [3.05, 3.63) is 29.8 Å². The number of carbonyl (C=O) groups excluding carboxylic acids is 1. The Morgan fingerprint density at radius 3 is 2.48 bits per heavy atom. The predicted molar refractivity (Wildman–Crippen MR) is 88.7 cm³/mol. The van der Waals surface area contributed by atoms with Crippen LogP contribution in [0.15, 0.2) is 24.3 Å². The molecule has 0 radical (unpaired) electrons. The fourth-order valence-corrected chi connectivity index (χ4v) is 3.21. The van der Waals surface area contributed by atoms with Gasteiger partial charge in [0, 0.05) is 23.8 Å². The molecule has 2 aliphatic carbocycles. The first kappa shape index (κ1) is 16.2. The van der Waals surface area contributed by atoms with Gasteiger partial charge in [-0.3, -0.25) is 4.79 Å². The van der Waals surface area contributed by atoms with Gasteiger partial charge in [-0.1, -0.05) is 25.3 Å². The van der Waals surface area contributed by atoms with Crippen LogP contribution < -0.4 is 5.73 Å². The van der Waals surface area contributed by atoms with Crippen LogP contribution in [-0.4, -0.2) is 23.4 Å². The maximum Gasteiger partial charge on any atom is 0.254 e. The van der Waals surface area contributed by atoms with Crippen molar-refractivity contribution in [3.63, 3.8) is 0 Å². The summed E-state index contributed by atoms with van der Waals surface area (Å²) in [6.07, 6.45) is 8.74. The van der Waals surface area contributed by atoms with Gasteiger partial charge in [-0.05, 0) is 49.8 Å². The molecule has 0 saturated heterocycles. The van der Waals surface area contributed by atoms with Crippen molar-refractivity contribution in [2.45, 2.75) is 51.0 Å². The van der Waals surface area contributed by atoms with Crippen molar-refractivity contribution in [3.8, 4) is 0 Å². The molecule has 116 valence electrons. The van der Waals surface area contributed by atoms with E-state index < -0.39 is 0 Å². The fourth-order valence-electron chi connectivity index (χ4n) is 3.21. The predicted octanol–water partition coefficient (Wildman–Crippen LogP) is 3.88. The van der Waals surface area contributed by atoms with Gasteiger partial charge < -0.3 is 10.6 Å². The second kappa shape index (κ2) is 7.17. The SMILES string of the molecule is Cl.Nc1cccc(C(=O)N(CC2CC2)C2CCCCC2)c1. The van der Waals surface area contributed by atoms with E-state index in [1.807, 2.05) is 24.3 Å². The number of benzene rings is 1. The zero-order chi connectivity index (χ0) is 13.9. The third-order valence-electron chi connectivity index (χ3n) is 4.56. The first-order valence-electron chi connectivity index (χ1n) is 7.90. The molecule has 0 heterocycles. The van der Waals surface area contributed by atoms with Gasteiger partial charge in [-0.2, -0.15) is 0 Å². The zero-order valence-corrected chi connectivity index (χ0v) is 13.3. The number of carbonyl (C=O) groups is 1. The van der Waals surface area contributed by atoms with Gasteiger partial charge in [0.2, 0.25) is 0 Å². The van der Waals surface area contributed by atoms with Gasteiger partial charge in [-0.25, -0.2) is 0 Å². The van der Waals surface area contributed by atoms with Crippen LogP contribution >= 0.6 is 12.4 Å². The van der Waals surface area contributed by atoms with Gasteiger partial charge in [0.05, 0.1) is 0 Å². The summed E-state index contributed by atoms with van der Waals surface area (Å²) in [7, 11) is 0. The lowest BCUT2D eigenvalue weighted by molar-refractivity contribution is 0.0622. The lowest BCUT2D eigenvalue weighted by Gasteiger charge is -2.34. The molecule has 1 amide bonds. The zero-order valence-electron chi connectivity index (χ0n) is 12.5. The van der Waals surface area contributed by atoms with E-state index in [4.69, 9.17) is 5.73 Å². The van der Waals surface area contributed by atoms with Gasteiger partial charge in [0.15, 0.2) is 0 Å². The Labute approximate surface area is 133 Å². The molecule has 0 bridgehead atoms. The number of nitrogen functional groups attached to an aromatic ring is 1. The summed E-state index contributed by atoms with van der Waals surface area (Å²) in [6, 6.07) is 7.85. The van der Waals surface area contributed by atoms with Crippen molar-refractivity contribution in [2.75, 3.05) is 12.3 Å². The van der Waals surface area contributed by atoms with E-state index >= 15 is 0 Å². The number of rotatable bonds is 4. The van der Waals surface area contributed by atoms with E-state index in [0.717, 1.165) is 18.0 Å². The van der Waals surface area contributed by atoms with Crippen molar-refractivity contribution < 1.29 is 4.79 Å². The third-order valence-corrected chi connectivity index (χ3v) is 4.56. The van der Waals surface area contributed by atoms with Crippen molar-refractivity contribution in [1.29, 1.82) is 0 Å². The molecule has 0 unspecified atom stereocenters. The molecule has 2 fully saturated rings. The quantitative estimate of drug-likeness (QED) is 0.858. The number of halogens is 1. The average Bonchev–Trinajstić information content (AvgIpc) is 3.29. The maximum absolute atomic E-state index is 12.8. The Bertz CT molecular complexity index is 481. The monoisotopic (exact) mass is 308 g/mol. The summed E-state index contributed by atoms with van der Waals surface area (Å²) >= 11 is 0. The highest BCUT2D eigenvalue weighted by Crippen LogP contribution is 2.33.